The molecule has 1 aromatic carbocycles. The normalized spacial score (nSPS) is 18.1. The van der Waals surface area contributed by atoms with E-state index in [0.29, 0.717) is 22.8 Å². The fraction of sp³-hybridized carbons (Fsp3) is 0.409. The number of para-hydroxylation sites is 1. The van der Waals surface area contributed by atoms with Gasteiger partial charge in [-0.3, -0.25) is 4.79 Å². The van der Waals surface area contributed by atoms with Crippen LogP contribution in [-0.2, 0) is 0 Å². The predicted octanol–water partition coefficient (Wildman–Crippen LogP) is 3.78. The van der Waals surface area contributed by atoms with E-state index in [1.165, 1.54) is 6.20 Å². The van der Waals surface area contributed by atoms with Gasteiger partial charge in [0, 0.05) is 17.1 Å². The number of nitrogens with one attached hydrogen (secondary N) is 2. The van der Waals surface area contributed by atoms with Crippen LogP contribution in [0, 0.1) is 11.3 Å². The lowest BCUT2D eigenvalue weighted by Crippen LogP contribution is -2.62. The van der Waals surface area contributed by atoms with Gasteiger partial charge in [-0.1, -0.05) is 12.1 Å². The highest BCUT2D eigenvalue weighted by atomic mass is 16.5. The van der Waals surface area contributed by atoms with Gasteiger partial charge < -0.3 is 15.4 Å². The van der Waals surface area contributed by atoms with Crippen molar-refractivity contribution in [3.63, 3.8) is 0 Å². The minimum atomic E-state index is -0.192. The van der Waals surface area contributed by atoms with E-state index in [1.807, 2.05) is 0 Å². The van der Waals surface area contributed by atoms with Gasteiger partial charge in [-0.25, -0.2) is 4.98 Å². The summed E-state index contributed by atoms with van der Waals surface area (Å²) in [5.41, 5.74) is 0.702. The molecule has 0 saturated carbocycles. The number of nitriles is 1. The Labute approximate surface area is 165 Å². The van der Waals surface area contributed by atoms with Crippen LogP contribution in [-0.4, -0.2) is 28.0 Å². The van der Waals surface area contributed by atoms with Crippen LogP contribution in [0.25, 0.3) is 0 Å². The number of hydrogen-bond acceptors (Lipinski definition) is 5. The molecular formula is C22H26N4O2. The van der Waals surface area contributed by atoms with Crippen LogP contribution in [0.15, 0.2) is 42.6 Å². The van der Waals surface area contributed by atoms with Crippen LogP contribution in [0.3, 0.4) is 0 Å². The van der Waals surface area contributed by atoms with Crippen molar-refractivity contribution in [2.45, 2.75) is 57.7 Å². The van der Waals surface area contributed by atoms with Crippen molar-refractivity contribution in [1.82, 2.24) is 15.6 Å². The van der Waals surface area contributed by atoms with E-state index < -0.39 is 0 Å². The molecule has 2 N–H and O–H groups in total. The number of rotatable bonds is 4. The molecule has 146 valence electrons. The summed E-state index contributed by atoms with van der Waals surface area (Å²) in [7, 11) is 0. The Morgan fingerprint density at radius 1 is 1.18 bits per heavy atom. The second-order valence-electron chi connectivity index (χ2n) is 8.56. The average Bonchev–Trinajstić information content (AvgIpc) is 2.60. The zero-order chi connectivity index (χ0) is 20.4. The smallest absolute Gasteiger partial charge is 0.270 e. The molecule has 0 aliphatic carbocycles. The molecule has 1 aliphatic rings. The molecule has 0 atom stereocenters. The Morgan fingerprint density at radius 2 is 1.86 bits per heavy atom. The first-order valence-corrected chi connectivity index (χ1v) is 9.41. The number of pyridine rings is 1. The summed E-state index contributed by atoms with van der Waals surface area (Å²) in [5.74, 6) is 0.744. The van der Waals surface area contributed by atoms with E-state index in [2.05, 4.69) is 49.4 Å². The molecule has 0 radical (unpaired) electrons. The van der Waals surface area contributed by atoms with E-state index in [1.54, 1.807) is 36.4 Å². The van der Waals surface area contributed by atoms with Gasteiger partial charge in [0.1, 0.15) is 23.3 Å². The van der Waals surface area contributed by atoms with Crippen LogP contribution >= 0.6 is 0 Å². The van der Waals surface area contributed by atoms with Crippen molar-refractivity contribution < 1.29 is 9.53 Å². The van der Waals surface area contributed by atoms with Gasteiger partial charge in [0.2, 0.25) is 0 Å². The number of aromatic nitrogens is 1. The van der Waals surface area contributed by atoms with Gasteiger partial charge in [-0.15, -0.1) is 0 Å². The first-order chi connectivity index (χ1) is 13.2. The Morgan fingerprint density at radius 3 is 2.46 bits per heavy atom. The van der Waals surface area contributed by atoms with E-state index in [-0.39, 0.29) is 23.0 Å². The molecule has 3 rings (SSSR count). The Kier molecular flexibility index (Phi) is 5.39. The molecule has 2 heterocycles. The van der Waals surface area contributed by atoms with Crippen LogP contribution in [0.5, 0.6) is 11.5 Å². The predicted molar refractivity (Wildman–Crippen MR) is 107 cm³/mol. The van der Waals surface area contributed by atoms with Crippen molar-refractivity contribution in [2.24, 2.45) is 0 Å². The number of carbonyl (C=O) groups excluding carboxylic acids is 1. The van der Waals surface area contributed by atoms with Gasteiger partial charge in [-0.2, -0.15) is 5.26 Å². The maximum atomic E-state index is 12.6. The highest BCUT2D eigenvalue weighted by Gasteiger charge is 2.38. The van der Waals surface area contributed by atoms with E-state index in [0.717, 1.165) is 12.8 Å². The summed E-state index contributed by atoms with van der Waals surface area (Å²) in [5, 5.41) is 15.9. The third-order valence-electron chi connectivity index (χ3n) is 4.73. The minimum absolute atomic E-state index is 0.0427. The van der Waals surface area contributed by atoms with E-state index in [9.17, 15) is 4.79 Å². The molecule has 1 aliphatic heterocycles. The third kappa shape index (κ3) is 4.87. The van der Waals surface area contributed by atoms with Gasteiger partial charge in [0.25, 0.3) is 5.91 Å². The zero-order valence-electron chi connectivity index (χ0n) is 16.7. The molecule has 6 heteroatoms. The topological polar surface area (TPSA) is 87.0 Å². The monoisotopic (exact) mass is 378 g/mol. The molecule has 0 unspecified atom stereocenters. The van der Waals surface area contributed by atoms with Crippen molar-refractivity contribution in [3.05, 3.63) is 53.9 Å². The Bertz CT molecular complexity index is 881. The summed E-state index contributed by atoms with van der Waals surface area (Å²) >= 11 is 0. The van der Waals surface area contributed by atoms with Crippen LogP contribution < -0.4 is 15.4 Å². The van der Waals surface area contributed by atoms with Crippen molar-refractivity contribution >= 4 is 5.91 Å². The highest BCUT2D eigenvalue weighted by molar-refractivity contribution is 5.92. The fourth-order valence-corrected chi connectivity index (χ4v) is 4.03. The van der Waals surface area contributed by atoms with Crippen molar-refractivity contribution in [1.29, 1.82) is 5.26 Å². The third-order valence-corrected chi connectivity index (χ3v) is 4.73. The Hall–Kier alpha value is -2.91. The molecule has 1 amide bonds. The Balaban J connectivity index is 1.66. The number of benzene rings is 1. The van der Waals surface area contributed by atoms with Crippen molar-refractivity contribution in [3.8, 4) is 17.6 Å². The summed E-state index contributed by atoms with van der Waals surface area (Å²) in [6.45, 7) is 8.60. The standard InChI is InChI=1S/C22H26N4O2/c1-21(2)11-16(12-22(3,4)26-21)25-20(27)18-10-9-17(14-24-18)28-19-8-6-5-7-15(19)13-23/h5-10,14,16,26H,11-12H2,1-4H3,(H,25,27). The van der Waals surface area contributed by atoms with Gasteiger partial charge in [0.15, 0.2) is 0 Å². The molecule has 2 aromatic rings. The molecule has 0 bridgehead atoms. The lowest BCUT2D eigenvalue weighted by Gasteiger charge is -2.46. The largest absolute Gasteiger partial charge is 0.454 e. The van der Waals surface area contributed by atoms with Crippen LogP contribution in [0.1, 0.15) is 56.6 Å². The SMILES string of the molecule is CC1(C)CC(NC(=O)c2ccc(Oc3ccccc3C#N)cn2)CC(C)(C)N1. The molecule has 1 aromatic heterocycles. The van der Waals surface area contributed by atoms with E-state index >= 15 is 0 Å². The average molecular weight is 378 g/mol. The van der Waals surface area contributed by atoms with Gasteiger partial charge >= 0.3 is 0 Å². The summed E-state index contributed by atoms with van der Waals surface area (Å²) in [6.07, 6.45) is 3.21. The molecular weight excluding hydrogens is 352 g/mol. The number of carbonyl (C=O) groups is 1. The highest BCUT2D eigenvalue weighted by Crippen LogP contribution is 2.29. The number of nitrogens with zero attached hydrogens (tertiary/aromatic N) is 2. The number of amides is 1. The first-order valence-electron chi connectivity index (χ1n) is 9.41. The zero-order valence-corrected chi connectivity index (χ0v) is 16.7. The fourth-order valence-electron chi connectivity index (χ4n) is 4.03. The summed E-state index contributed by atoms with van der Waals surface area (Å²) < 4.78 is 5.71. The second-order valence-corrected chi connectivity index (χ2v) is 8.56. The quantitative estimate of drug-likeness (QED) is 0.845. The number of piperidine rings is 1. The van der Waals surface area contributed by atoms with Crippen LogP contribution in [0.2, 0.25) is 0 Å². The molecule has 28 heavy (non-hydrogen) atoms. The maximum Gasteiger partial charge on any atom is 0.270 e. The maximum absolute atomic E-state index is 12.6. The van der Waals surface area contributed by atoms with Crippen molar-refractivity contribution in [2.75, 3.05) is 0 Å². The lowest BCUT2D eigenvalue weighted by atomic mass is 9.79. The van der Waals surface area contributed by atoms with Gasteiger partial charge in [-0.05, 0) is 64.8 Å². The van der Waals surface area contributed by atoms with Crippen LogP contribution in [0.4, 0.5) is 0 Å². The first kappa shape index (κ1) is 19.8. The summed E-state index contributed by atoms with van der Waals surface area (Å²) in [4.78, 5) is 16.9. The van der Waals surface area contributed by atoms with Gasteiger partial charge in [0.05, 0.1) is 11.8 Å². The lowest BCUT2D eigenvalue weighted by molar-refractivity contribution is 0.0868. The van der Waals surface area contributed by atoms with E-state index in [4.69, 9.17) is 10.00 Å². The molecule has 0 spiro atoms. The minimum Gasteiger partial charge on any atom is -0.454 e. The molecule has 1 saturated heterocycles. The summed E-state index contributed by atoms with van der Waals surface area (Å²) in [6, 6.07) is 12.5. The number of ether oxygens (including phenoxy) is 1. The number of hydrogen-bond donors (Lipinski definition) is 2. The molecule has 1 fully saturated rings. The molecule has 6 nitrogen and oxygen atoms in total. The second kappa shape index (κ2) is 7.61.